The summed E-state index contributed by atoms with van der Waals surface area (Å²) < 4.78 is 5.35. The lowest BCUT2D eigenvalue weighted by atomic mass is 10.3. The molecular formula is C9H11N3O. The monoisotopic (exact) mass is 177 g/mol. The van der Waals surface area contributed by atoms with Crippen LogP contribution >= 0.6 is 0 Å². The molecule has 0 saturated carbocycles. The van der Waals surface area contributed by atoms with Gasteiger partial charge in [0.25, 0.3) is 0 Å². The number of fused-ring (bicyclic) bond motifs is 1. The molecule has 0 aromatic carbocycles. The van der Waals surface area contributed by atoms with Crippen LogP contribution in [0.5, 0.6) is 0 Å². The summed E-state index contributed by atoms with van der Waals surface area (Å²) >= 11 is 0. The van der Waals surface area contributed by atoms with Crippen molar-refractivity contribution in [1.29, 1.82) is 0 Å². The lowest BCUT2D eigenvalue weighted by Crippen LogP contribution is -1.92. The van der Waals surface area contributed by atoms with Gasteiger partial charge in [-0.25, -0.2) is 9.97 Å². The maximum absolute atomic E-state index is 5.44. The highest BCUT2D eigenvalue weighted by molar-refractivity contribution is 5.69. The summed E-state index contributed by atoms with van der Waals surface area (Å²) in [5, 5.41) is 0. The Kier molecular flexibility index (Phi) is 1.77. The maximum Gasteiger partial charge on any atom is 0.245 e. The third-order valence-electron chi connectivity index (χ3n) is 2.03. The topological polar surface area (TPSA) is 64.9 Å². The second kappa shape index (κ2) is 2.81. The number of nitrogens with two attached hydrogens (primary N) is 1. The van der Waals surface area contributed by atoms with Gasteiger partial charge in [-0.15, -0.1) is 0 Å². The molecule has 0 fully saturated rings. The third-order valence-corrected chi connectivity index (χ3v) is 2.03. The van der Waals surface area contributed by atoms with Gasteiger partial charge in [0.1, 0.15) is 11.3 Å². The average molecular weight is 177 g/mol. The molecule has 0 aliphatic carbocycles. The molecular weight excluding hydrogens is 166 g/mol. The van der Waals surface area contributed by atoms with E-state index >= 15 is 0 Å². The van der Waals surface area contributed by atoms with E-state index in [4.69, 9.17) is 10.2 Å². The molecule has 4 nitrogen and oxygen atoms in total. The van der Waals surface area contributed by atoms with Gasteiger partial charge >= 0.3 is 0 Å². The maximum atomic E-state index is 5.44. The minimum Gasteiger partial charge on any atom is -0.440 e. The quantitative estimate of drug-likeness (QED) is 0.713. The number of aryl methyl sites for hydroxylation is 2. The summed E-state index contributed by atoms with van der Waals surface area (Å²) in [7, 11) is 0. The zero-order chi connectivity index (χ0) is 9.42. The van der Waals surface area contributed by atoms with Crippen molar-refractivity contribution in [3.05, 3.63) is 23.2 Å². The number of aromatic nitrogens is 2. The van der Waals surface area contributed by atoms with Crippen LogP contribution in [-0.4, -0.2) is 9.97 Å². The molecule has 0 atom stereocenters. The molecule has 2 aromatic heterocycles. The van der Waals surface area contributed by atoms with Crippen LogP contribution in [0.4, 0.5) is 0 Å². The van der Waals surface area contributed by atoms with E-state index < -0.39 is 0 Å². The number of hydrogen-bond acceptors (Lipinski definition) is 4. The van der Waals surface area contributed by atoms with E-state index in [1.54, 1.807) is 0 Å². The fraction of sp³-hybridized carbons (Fsp3) is 0.333. The van der Waals surface area contributed by atoms with Gasteiger partial charge in [-0.3, -0.25) is 0 Å². The second-order valence-electron chi connectivity index (χ2n) is 3.00. The molecule has 0 amide bonds. The predicted octanol–water partition coefficient (Wildman–Crippen LogP) is 1.30. The first-order valence-electron chi connectivity index (χ1n) is 4.14. The van der Waals surface area contributed by atoms with Gasteiger partial charge in [0, 0.05) is 6.07 Å². The van der Waals surface area contributed by atoms with E-state index in [2.05, 4.69) is 9.97 Å². The number of nitrogens with zero attached hydrogens (tertiary/aromatic N) is 2. The predicted molar refractivity (Wildman–Crippen MR) is 49.2 cm³/mol. The molecule has 0 saturated heterocycles. The lowest BCUT2D eigenvalue weighted by molar-refractivity contribution is 0.541. The zero-order valence-corrected chi connectivity index (χ0v) is 7.66. The Bertz CT molecular complexity index is 408. The summed E-state index contributed by atoms with van der Waals surface area (Å²) in [6.45, 7) is 4.22. The largest absolute Gasteiger partial charge is 0.440 e. The van der Waals surface area contributed by atoms with Crippen molar-refractivity contribution in [2.75, 3.05) is 0 Å². The molecule has 2 heterocycles. The molecule has 13 heavy (non-hydrogen) atoms. The molecule has 2 rings (SSSR count). The summed E-state index contributed by atoms with van der Waals surface area (Å²) in [5.74, 6) is 0.722. The Morgan fingerprint density at radius 1 is 1.31 bits per heavy atom. The van der Waals surface area contributed by atoms with Crippen LogP contribution in [0, 0.1) is 13.8 Å². The van der Waals surface area contributed by atoms with Gasteiger partial charge in [0.15, 0.2) is 0 Å². The van der Waals surface area contributed by atoms with Crippen LogP contribution in [0.1, 0.15) is 17.1 Å². The van der Waals surface area contributed by atoms with E-state index in [9.17, 15) is 0 Å². The normalized spacial score (nSPS) is 11.0. The first kappa shape index (κ1) is 8.19. The van der Waals surface area contributed by atoms with Gasteiger partial charge in [-0.05, 0) is 13.8 Å². The second-order valence-corrected chi connectivity index (χ2v) is 3.00. The SMILES string of the molecule is Cc1nc2cc(CN)oc2nc1C. The summed E-state index contributed by atoms with van der Waals surface area (Å²) in [6.07, 6.45) is 0. The molecule has 0 unspecified atom stereocenters. The lowest BCUT2D eigenvalue weighted by Gasteiger charge is -1.95. The Morgan fingerprint density at radius 2 is 2.00 bits per heavy atom. The molecule has 0 radical (unpaired) electrons. The van der Waals surface area contributed by atoms with Crippen molar-refractivity contribution in [2.24, 2.45) is 5.73 Å². The van der Waals surface area contributed by atoms with Crippen molar-refractivity contribution in [1.82, 2.24) is 9.97 Å². The van der Waals surface area contributed by atoms with E-state index in [-0.39, 0.29) is 0 Å². The van der Waals surface area contributed by atoms with Crippen LogP contribution in [0.2, 0.25) is 0 Å². The Hall–Kier alpha value is -1.42. The van der Waals surface area contributed by atoms with Crippen molar-refractivity contribution >= 4 is 11.2 Å². The first-order chi connectivity index (χ1) is 6.20. The first-order valence-corrected chi connectivity index (χ1v) is 4.14. The average Bonchev–Trinajstić information content (AvgIpc) is 2.48. The molecule has 2 aromatic rings. The van der Waals surface area contributed by atoms with Gasteiger partial charge in [0.2, 0.25) is 5.71 Å². The zero-order valence-electron chi connectivity index (χ0n) is 7.66. The molecule has 0 bridgehead atoms. The van der Waals surface area contributed by atoms with Gasteiger partial charge in [0.05, 0.1) is 17.9 Å². The highest BCUT2D eigenvalue weighted by Crippen LogP contribution is 2.16. The number of furan rings is 1. The molecule has 0 spiro atoms. The minimum absolute atomic E-state index is 0.385. The third kappa shape index (κ3) is 1.29. The smallest absolute Gasteiger partial charge is 0.245 e. The van der Waals surface area contributed by atoms with E-state index in [1.807, 2.05) is 19.9 Å². The Balaban J connectivity index is 2.70. The molecule has 4 heteroatoms. The van der Waals surface area contributed by atoms with Crippen molar-refractivity contribution < 1.29 is 4.42 Å². The Labute approximate surface area is 75.8 Å². The van der Waals surface area contributed by atoms with Crippen molar-refractivity contribution in [2.45, 2.75) is 20.4 Å². The fourth-order valence-electron chi connectivity index (χ4n) is 1.18. The van der Waals surface area contributed by atoms with E-state index in [1.165, 1.54) is 0 Å². The van der Waals surface area contributed by atoms with Crippen molar-refractivity contribution in [3.63, 3.8) is 0 Å². The fourth-order valence-corrected chi connectivity index (χ4v) is 1.18. The standard InChI is InChI=1S/C9H11N3O/c1-5-6(2)12-9-8(11-5)3-7(4-10)13-9/h3H,4,10H2,1-2H3. The van der Waals surface area contributed by atoms with Crippen molar-refractivity contribution in [3.8, 4) is 0 Å². The highest BCUT2D eigenvalue weighted by atomic mass is 16.3. The van der Waals surface area contributed by atoms with Gasteiger partial charge in [-0.1, -0.05) is 0 Å². The minimum atomic E-state index is 0.385. The van der Waals surface area contributed by atoms with E-state index in [0.29, 0.717) is 12.3 Å². The summed E-state index contributed by atoms with van der Waals surface area (Å²) in [5.41, 5.74) is 8.62. The number of hydrogen-bond donors (Lipinski definition) is 1. The molecule has 0 aliphatic heterocycles. The molecule has 68 valence electrons. The number of rotatable bonds is 1. The highest BCUT2D eigenvalue weighted by Gasteiger charge is 2.06. The van der Waals surface area contributed by atoms with Gasteiger partial charge < -0.3 is 10.2 Å². The van der Waals surface area contributed by atoms with Crippen LogP contribution in [0.25, 0.3) is 11.2 Å². The molecule has 2 N–H and O–H groups in total. The van der Waals surface area contributed by atoms with Gasteiger partial charge in [-0.2, -0.15) is 0 Å². The summed E-state index contributed by atoms with van der Waals surface area (Å²) in [6, 6.07) is 1.83. The summed E-state index contributed by atoms with van der Waals surface area (Å²) in [4.78, 5) is 8.59. The molecule has 0 aliphatic rings. The van der Waals surface area contributed by atoms with E-state index in [0.717, 1.165) is 22.7 Å². The van der Waals surface area contributed by atoms with Crippen LogP contribution in [0.3, 0.4) is 0 Å². The van der Waals surface area contributed by atoms with Crippen LogP contribution < -0.4 is 5.73 Å². The Morgan fingerprint density at radius 3 is 2.69 bits per heavy atom. The van der Waals surface area contributed by atoms with Crippen LogP contribution in [-0.2, 0) is 6.54 Å². The van der Waals surface area contributed by atoms with Crippen LogP contribution in [0.15, 0.2) is 10.5 Å².